The van der Waals surface area contributed by atoms with Crippen LogP contribution in [0, 0.1) is 12.3 Å². The van der Waals surface area contributed by atoms with Crippen LogP contribution in [-0.2, 0) is 0 Å². The summed E-state index contributed by atoms with van der Waals surface area (Å²) in [7, 11) is 0. The topological polar surface area (TPSA) is 12.0 Å². The fourth-order valence-corrected chi connectivity index (χ4v) is 1.55. The second-order valence-electron chi connectivity index (χ2n) is 3.26. The highest BCUT2D eigenvalue weighted by atomic mass is 14.9. The molecule has 0 saturated carbocycles. The van der Waals surface area contributed by atoms with Crippen LogP contribution in [0.15, 0.2) is 30.3 Å². The summed E-state index contributed by atoms with van der Waals surface area (Å²) in [5.74, 6) is 2.69. The van der Waals surface area contributed by atoms with Gasteiger partial charge in [0.1, 0.15) is 0 Å². The first-order valence-corrected chi connectivity index (χ1v) is 5.10. The standard InChI is InChI=1S/C13H17N/c1-3-5-11-13(14-4-2)12-9-7-6-8-10-12/h1,6-10,13-14H,4-5,11H2,2H3. The van der Waals surface area contributed by atoms with Crippen molar-refractivity contribution in [1.82, 2.24) is 5.32 Å². The highest BCUT2D eigenvalue weighted by Gasteiger charge is 2.07. The van der Waals surface area contributed by atoms with Crippen LogP contribution in [0.2, 0.25) is 0 Å². The molecule has 0 aliphatic rings. The molecule has 0 amide bonds. The number of hydrogen-bond donors (Lipinski definition) is 1. The third kappa shape index (κ3) is 3.24. The Morgan fingerprint density at radius 2 is 2.07 bits per heavy atom. The minimum absolute atomic E-state index is 0.400. The smallest absolute Gasteiger partial charge is 0.0329 e. The van der Waals surface area contributed by atoms with Gasteiger partial charge in [-0.15, -0.1) is 12.3 Å². The van der Waals surface area contributed by atoms with Gasteiger partial charge in [-0.2, -0.15) is 0 Å². The number of benzene rings is 1. The predicted molar refractivity (Wildman–Crippen MR) is 60.9 cm³/mol. The zero-order valence-electron chi connectivity index (χ0n) is 8.66. The molecule has 74 valence electrons. The molecule has 1 N–H and O–H groups in total. The lowest BCUT2D eigenvalue weighted by Gasteiger charge is -2.16. The quantitative estimate of drug-likeness (QED) is 0.699. The van der Waals surface area contributed by atoms with Gasteiger partial charge in [0.25, 0.3) is 0 Å². The van der Waals surface area contributed by atoms with E-state index in [1.165, 1.54) is 5.56 Å². The molecule has 1 unspecified atom stereocenters. The molecule has 0 radical (unpaired) electrons. The van der Waals surface area contributed by atoms with Crippen LogP contribution in [0.5, 0.6) is 0 Å². The van der Waals surface area contributed by atoms with E-state index in [0.717, 1.165) is 19.4 Å². The molecule has 0 aliphatic carbocycles. The number of hydrogen-bond acceptors (Lipinski definition) is 1. The molecule has 14 heavy (non-hydrogen) atoms. The molecule has 0 aromatic heterocycles. The van der Waals surface area contributed by atoms with Crippen molar-refractivity contribution in [2.75, 3.05) is 6.54 Å². The molecular weight excluding hydrogens is 170 g/mol. The Morgan fingerprint density at radius 1 is 1.36 bits per heavy atom. The Hall–Kier alpha value is -1.26. The fraction of sp³-hybridized carbons (Fsp3) is 0.385. The minimum Gasteiger partial charge on any atom is -0.310 e. The molecule has 0 aliphatic heterocycles. The third-order valence-corrected chi connectivity index (χ3v) is 2.23. The van der Waals surface area contributed by atoms with Gasteiger partial charge < -0.3 is 5.32 Å². The van der Waals surface area contributed by atoms with E-state index < -0.39 is 0 Å². The number of rotatable bonds is 5. The van der Waals surface area contributed by atoms with Gasteiger partial charge >= 0.3 is 0 Å². The van der Waals surface area contributed by atoms with Crippen LogP contribution in [0.4, 0.5) is 0 Å². The van der Waals surface area contributed by atoms with Crippen LogP contribution in [-0.4, -0.2) is 6.54 Å². The molecule has 0 spiro atoms. The average Bonchev–Trinajstić information content (AvgIpc) is 2.25. The van der Waals surface area contributed by atoms with Gasteiger partial charge in [0.05, 0.1) is 0 Å². The molecule has 1 aromatic carbocycles. The maximum Gasteiger partial charge on any atom is 0.0329 e. The highest BCUT2D eigenvalue weighted by molar-refractivity contribution is 5.19. The Kier molecular flexibility index (Phi) is 4.82. The van der Waals surface area contributed by atoms with Crippen LogP contribution in [0.1, 0.15) is 31.4 Å². The molecule has 0 saturated heterocycles. The van der Waals surface area contributed by atoms with Gasteiger partial charge in [-0.1, -0.05) is 37.3 Å². The van der Waals surface area contributed by atoms with Crippen molar-refractivity contribution in [3.8, 4) is 12.3 Å². The van der Waals surface area contributed by atoms with Gasteiger partial charge in [-0.05, 0) is 18.5 Å². The predicted octanol–water partition coefficient (Wildman–Crippen LogP) is 2.75. The van der Waals surface area contributed by atoms with Crippen LogP contribution in [0.3, 0.4) is 0 Å². The molecule has 1 atom stereocenters. The molecule has 1 rings (SSSR count). The molecule has 1 nitrogen and oxygen atoms in total. The molecule has 0 bridgehead atoms. The molecule has 1 aromatic rings. The van der Waals surface area contributed by atoms with Crippen LogP contribution in [0.25, 0.3) is 0 Å². The maximum atomic E-state index is 5.27. The SMILES string of the molecule is C#CCCC(NCC)c1ccccc1. The monoisotopic (exact) mass is 187 g/mol. The van der Waals surface area contributed by atoms with Crippen LogP contribution < -0.4 is 5.32 Å². The summed E-state index contributed by atoms with van der Waals surface area (Å²) in [5, 5.41) is 3.44. The first kappa shape index (κ1) is 10.8. The highest BCUT2D eigenvalue weighted by Crippen LogP contribution is 2.17. The first-order chi connectivity index (χ1) is 6.88. The summed E-state index contributed by atoms with van der Waals surface area (Å²) in [6, 6.07) is 10.9. The lowest BCUT2D eigenvalue weighted by molar-refractivity contribution is 0.523. The summed E-state index contributed by atoms with van der Waals surface area (Å²) in [5.41, 5.74) is 1.32. The largest absolute Gasteiger partial charge is 0.310 e. The molecule has 0 fully saturated rings. The summed E-state index contributed by atoms with van der Waals surface area (Å²) < 4.78 is 0. The molecule has 1 heteroatoms. The second kappa shape index (κ2) is 6.23. The minimum atomic E-state index is 0.400. The Labute approximate surface area is 86.5 Å². The lowest BCUT2D eigenvalue weighted by atomic mass is 10.0. The lowest BCUT2D eigenvalue weighted by Crippen LogP contribution is -2.20. The van der Waals surface area contributed by atoms with E-state index in [4.69, 9.17) is 6.42 Å². The third-order valence-electron chi connectivity index (χ3n) is 2.23. The van der Waals surface area contributed by atoms with Crippen molar-refractivity contribution in [3.63, 3.8) is 0 Å². The number of terminal acetylenes is 1. The molecular formula is C13H17N. The normalized spacial score (nSPS) is 12.0. The maximum absolute atomic E-state index is 5.27. The zero-order valence-corrected chi connectivity index (χ0v) is 8.66. The van der Waals surface area contributed by atoms with E-state index in [1.807, 2.05) is 6.07 Å². The van der Waals surface area contributed by atoms with Crippen molar-refractivity contribution in [2.45, 2.75) is 25.8 Å². The Morgan fingerprint density at radius 3 is 2.64 bits per heavy atom. The van der Waals surface area contributed by atoms with Crippen molar-refractivity contribution in [1.29, 1.82) is 0 Å². The van der Waals surface area contributed by atoms with Gasteiger partial charge in [0.15, 0.2) is 0 Å². The zero-order chi connectivity index (χ0) is 10.2. The van der Waals surface area contributed by atoms with E-state index in [9.17, 15) is 0 Å². The fourth-order valence-electron chi connectivity index (χ4n) is 1.55. The Bertz CT molecular complexity index is 284. The van der Waals surface area contributed by atoms with Crippen molar-refractivity contribution in [3.05, 3.63) is 35.9 Å². The second-order valence-corrected chi connectivity index (χ2v) is 3.26. The van der Waals surface area contributed by atoms with E-state index in [2.05, 4.69) is 42.4 Å². The van der Waals surface area contributed by atoms with Gasteiger partial charge in [-0.25, -0.2) is 0 Å². The Balaban J connectivity index is 2.63. The average molecular weight is 187 g/mol. The van der Waals surface area contributed by atoms with Crippen molar-refractivity contribution in [2.24, 2.45) is 0 Å². The van der Waals surface area contributed by atoms with E-state index in [1.54, 1.807) is 0 Å². The van der Waals surface area contributed by atoms with E-state index >= 15 is 0 Å². The number of nitrogens with one attached hydrogen (secondary N) is 1. The first-order valence-electron chi connectivity index (χ1n) is 5.10. The van der Waals surface area contributed by atoms with Crippen molar-refractivity contribution >= 4 is 0 Å². The summed E-state index contributed by atoms with van der Waals surface area (Å²) in [6.45, 7) is 3.09. The summed E-state index contributed by atoms with van der Waals surface area (Å²) >= 11 is 0. The van der Waals surface area contributed by atoms with E-state index in [0.29, 0.717) is 6.04 Å². The molecule has 0 heterocycles. The summed E-state index contributed by atoms with van der Waals surface area (Å²) in [4.78, 5) is 0. The van der Waals surface area contributed by atoms with Gasteiger partial charge in [0, 0.05) is 12.5 Å². The van der Waals surface area contributed by atoms with Gasteiger partial charge in [0.2, 0.25) is 0 Å². The van der Waals surface area contributed by atoms with Crippen LogP contribution >= 0.6 is 0 Å². The van der Waals surface area contributed by atoms with Crippen molar-refractivity contribution < 1.29 is 0 Å². The van der Waals surface area contributed by atoms with E-state index in [-0.39, 0.29) is 0 Å². The summed E-state index contributed by atoms with van der Waals surface area (Å²) in [6.07, 6.45) is 7.11. The van der Waals surface area contributed by atoms with Gasteiger partial charge in [-0.3, -0.25) is 0 Å².